The van der Waals surface area contributed by atoms with E-state index in [4.69, 9.17) is 9.15 Å². The summed E-state index contributed by atoms with van der Waals surface area (Å²) in [5, 5.41) is 4.08. The standard InChI is InChI=1S/C29H25FN2O4/c1-29(2,3)36-28(34)18-7-5-6-17(14-18)21-15-22-23(27(33)31-4)25(16-8-10-19(30)11-9-16)35-26(22)20-12-13-32-24(20)21/h5-15,32H,1-4H3,(H,31,33). The van der Waals surface area contributed by atoms with Crippen molar-refractivity contribution in [1.29, 1.82) is 0 Å². The van der Waals surface area contributed by atoms with E-state index in [-0.39, 0.29) is 11.7 Å². The Hall–Kier alpha value is -4.39. The summed E-state index contributed by atoms with van der Waals surface area (Å²) in [4.78, 5) is 29.0. The molecule has 0 saturated carbocycles. The number of ether oxygens (including phenoxy) is 1. The number of hydrogen-bond donors (Lipinski definition) is 2. The van der Waals surface area contributed by atoms with Crippen molar-refractivity contribution in [2.75, 3.05) is 7.05 Å². The minimum atomic E-state index is -0.616. The van der Waals surface area contributed by atoms with Crippen LogP contribution in [0.4, 0.5) is 4.39 Å². The Morgan fingerprint density at radius 3 is 2.42 bits per heavy atom. The first-order valence-electron chi connectivity index (χ1n) is 11.5. The van der Waals surface area contributed by atoms with Crippen LogP contribution in [0.1, 0.15) is 41.5 Å². The molecule has 6 nitrogen and oxygen atoms in total. The zero-order valence-corrected chi connectivity index (χ0v) is 20.4. The quantitative estimate of drug-likeness (QED) is 0.278. The summed E-state index contributed by atoms with van der Waals surface area (Å²) in [5.74, 6) is -0.763. The van der Waals surface area contributed by atoms with Gasteiger partial charge in [-0.25, -0.2) is 9.18 Å². The topological polar surface area (TPSA) is 84.3 Å². The monoisotopic (exact) mass is 484 g/mol. The van der Waals surface area contributed by atoms with E-state index in [9.17, 15) is 14.0 Å². The summed E-state index contributed by atoms with van der Waals surface area (Å²) in [5.41, 5.74) is 3.66. The Balaban J connectivity index is 1.75. The van der Waals surface area contributed by atoms with Gasteiger partial charge in [0.1, 0.15) is 22.8 Å². The van der Waals surface area contributed by atoms with Crippen LogP contribution in [0.3, 0.4) is 0 Å². The third-order valence-electron chi connectivity index (χ3n) is 5.86. The molecular weight excluding hydrogens is 459 g/mol. The van der Waals surface area contributed by atoms with E-state index < -0.39 is 11.6 Å². The summed E-state index contributed by atoms with van der Waals surface area (Å²) in [6.45, 7) is 5.47. The number of halogens is 1. The first-order valence-corrected chi connectivity index (χ1v) is 11.5. The van der Waals surface area contributed by atoms with Crippen molar-refractivity contribution in [1.82, 2.24) is 10.3 Å². The van der Waals surface area contributed by atoms with Crippen molar-refractivity contribution in [2.24, 2.45) is 0 Å². The van der Waals surface area contributed by atoms with Gasteiger partial charge in [0, 0.05) is 35.1 Å². The maximum atomic E-state index is 13.6. The lowest BCUT2D eigenvalue weighted by atomic mass is 9.96. The van der Waals surface area contributed by atoms with Gasteiger partial charge in [0.05, 0.1) is 16.6 Å². The minimum Gasteiger partial charge on any atom is -0.456 e. The molecule has 1 amide bonds. The van der Waals surface area contributed by atoms with Crippen molar-refractivity contribution in [3.63, 3.8) is 0 Å². The summed E-state index contributed by atoms with van der Waals surface area (Å²) in [7, 11) is 1.55. The first kappa shape index (κ1) is 23.4. The Bertz CT molecular complexity index is 1620. The van der Waals surface area contributed by atoms with E-state index in [1.807, 2.05) is 39.0 Å². The summed E-state index contributed by atoms with van der Waals surface area (Å²) in [6.07, 6.45) is 1.80. The molecule has 36 heavy (non-hydrogen) atoms. The van der Waals surface area contributed by atoms with Crippen molar-refractivity contribution in [3.05, 3.63) is 83.8 Å². The predicted octanol–water partition coefficient (Wildman–Crippen LogP) is 6.70. The molecule has 182 valence electrons. The van der Waals surface area contributed by atoms with Crippen LogP contribution in [0.15, 0.2) is 71.3 Å². The lowest BCUT2D eigenvalue weighted by Crippen LogP contribution is -2.23. The predicted molar refractivity (Wildman–Crippen MR) is 137 cm³/mol. The molecule has 0 spiro atoms. The Kier molecular flexibility index (Phi) is 5.63. The van der Waals surface area contributed by atoms with Crippen molar-refractivity contribution in [3.8, 4) is 22.5 Å². The molecule has 0 atom stereocenters. The number of nitrogens with one attached hydrogen (secondary N) is 2. The average Bonchev–Trinajstić information content (AvgIpc) is 3.47. The van der Waals surface area contributed by atoms with Gasteiger partial charge in [0.15, 0.2) is 0 Å². The molecule has 2 heterocycles. The van der Waals surface area contributed by atoms with Gasteiger partial charge in [-0.15, -0.1) is 0 Å². The number of aromatic nitrogens is 1. The number of furan rings is 1. The molecule has 0 aliphatic heterocycles. The Morgan fingerprint density at radius 1 is 0.972 bits per heavy atom. The average molecular weight is 485 g/mol. The third kappa shape index (κ3) is 4.13. The van der Waals surface area contributed by atoms with Crippen LogP contribution < -0.4 is 5.32 Å². The van der Waals surface area contributed by atoms with Crippen LogP contribution in [0.2, 0.25) is 0 Å². The summed E-state index contributed by atoms with van der Waals surface area (Å²) >= 11 is 0. The maximum Gasteiger partial charge on any atom is 0.338 e. The van der Waals surface area contributed by atoms with Crippen molar-refractivity contribution < 1.29 is 23.1 Å². The van der Waals surface area contributed by atoms with E-state index in [2.05, 4.69) is 10.3 Å². The van der Waals surface area contributed by atoms with Gasteiger partial charge in [0.25, 0.3) is 5.91 Å². The van der Waals surface area contributed by atoms with Gasteiger partial charge in [0.2, 0.25) is 0 Å². The van der Waals surface area contributed by atoms with E-state index in [0.717, 1.165) is 22.0 Å². The van der Waals surface area contributed by atoms with Crippen LogP contribution in [0.5, 0.6) is 0 Å². The second-order valence-corrected chi connectivity index (χ2v) is 9.54. The zero-order chi connectivity index (χ0) is 25.6. The van der Waals surface area contributed by atoms with Crippen LogP contribution >= 0.6 is 0 Å². The number of benzene rings is 3. The molecule has 2 aromatic heterocycles. The molecule has 5 rings (SSSR count). The van der Waals surface area contributed by atoms with Gasteiger partial charge in [-0.3, -0.25) is 4.79 Å². The highest BCUT2D eigenvalue weighted by atomic mass is 19.1. The number of fused-ring (bicyclic) bond motifs is 3. The number of aromatic amines is 1. The van der Waals surface area contributed by atoms with E-state index in [1.54, 1.807) is 43.6 Å². The van der Waals surface area contributed by atoms with Crippen molar-refractivity contribution in [2.45, 2.75) is 26.4 Å². The summed E-state index contributed by atoms with van der Waals surface area (Å²) < 4.78 is 25.4. The number of esters is 1. The normalized spacial score (nSPS) is 11.7. The number of hydrogen-bond acceptors (Lipinski definition) is 4. The highest BCUT2D eigenvalue weighted by Crippen LogP contribution is 2.41. The van der Waals surface area contributed by atoms with Crippen LogP contribution in [0, 0.1) is 5.82 Å². The second-order valence-electron chi connectivity index (χ2n) is 9.54. The number of carbonyl (C=O) groups is 2. The fourth-order valence-corrected chi connectivity index (χ4v) is 4.31. The maximum absolute atomic E-state index is 13.6. The lowest BCUT2D eigenvalue weighted by Gasteiger charge is -2.19. The number of H-pyrrole nitrogens is 1. The smallest absolute Gasteiger partial charge is 0.338 e. The van der Waals surface area contributed by atoms with Gasteiger partial charge < -0.3 is 19.5 Å². The van der Waals surface area contributed by atoms with Crippen LogP contribution in [0.25, 0.3) is 44.3 Å². The number of carbonyl (C=O) groups excluding carboxylic acids is 2. The molecule has 7 heteroatoms. The third-order valence-corrected chi connectivity index (χ3v) is 5.86. The van der Waals surface area contributed by atoms with Gasteiger partial charge in [-0.05, 0) is 74.9 Å². The fourth-order valence-electron chi connectivity index (χ4n) is 4.31. The van der Waals surface area contributed by atoms with Crippen LogP contribution in [-0.4, -0.2) is 29.5 Å². The van der Waals surface area contributed by atoms with Gasteiger partial charge >= 0.3 is 5.97 Å². The molecule has 5 aromatic rings. The molecule has 0 aliphatic carbocycles. The van der Waals surface area contributed by atoms with E-state index in [1.165, 1.54) is 12.1 Å². The molecule has 3 aromatic carbocycles. The van der Waals surface area contributed by atoms with E-state index >= 15 is 0 Å². The Labute approximate surface area is 207 Å². The molecule has 0 bridgehead atoms. The zero-order valence-electron chi connectivity index (χ0n) is 20.4. The molecule has 0 fully saturated rings. The van der Waals surface area contributed by atoms with Crippen molar-refractivity contribution >= 4 is 33.7 Å². The SMILES string of the molecule is CNC(=O)c1c(-c2ccc(F)cc2)oc2c1cc(-c1cccc(C(=O)OC(C)(C)C)c1)c1[nH]ccc12. The van der Waals surface area contributed by atoms with E-state index in [0.29, 0.717) is 33.4 Å². The Morgan fingerprint density at radius 2 is 1.72 bits per heavy atom. The second kappa shape index (κ2) is 8.68. The number of amides is 1. The van der Waals surface area contributed by atoms with Crippen LogP contribution in [-0.2, 0) is 4.74 Å². The largest absolute Gasteiger partial charge is 0.456 e. The molecule has 0 unspecified atom stereocenters. The molecule has 0 aliphatic rings. The highest BCUT2D eigenvalue weighted by Gasteiger charge is 2.25. The minimum absolute atomic E-state index is 0.323. The molecule has 0 radical (unpaired) electrons. The fraction of sp³-hybridized carbons (Fsp3) is 0.172. The molecule has 0 saturated heterocycles. The van der Waals surface area contributed by atoms with Gasteiger partial charge in [-0.2, -0.15) is 0 Å². The summed E-state index contributed by atoms with van der Waals surface area (Å²) in [6, 6.07) is 16.8. The molecular formula is C29H25FN2O4. The van der Waals surface area contributed by atoms with Gasteiger partial charge in [-0.1, -0.05) is 12.1 Å². The molecule has 2 N–H and O–H groups in total. The lowest BCUT2D eigenvalue weighted by molar-refractivity contribution is 0.00694. The number of rotatable bonds is 4. The first-order chi connectivity index (χ1) is 17.2. The highest BCUT2D eigenvalue weighted by molar-refractivity contribution is 6.19.